The fourth-order valence-corrected chi connectivity index (χ4v) is 3.90. The standard InChI is InChI=1S/C22H21ClN2O3S2/c1-3-5-17-10-16(12-24-25-20(26)14-30-22(25)29)11-19(27-4-2)21(17)28-13-15-6-8-18(23)9-7-15/h3,6-12H,1,4-5,13-14H2,2H3/b24-12-. The van der Waals surface area contributed by atoms with E-state index in [0.29, 0.717) is 46.2 Å². The summed E-state index contributed by atoms with van der Waals surface area (Å²) in [5, 5.41) is 6.18. The maximum atomic E-state index is 11.9. The Morgan fingerprint density at radius 3 is 2.70 bits per heavy atom. The largest absolute Gasteiger partial charge is 0.490 e. The summed E-state index contributed by atoms with van der Waals surface area (Å²) in [5.74, 6) is 1.46. The topological polar surface area (TPSA) is 51.1 Å². The molecule has 0 aliphatic carbocycles. The number of benzene rings is 2. The van der Waals surface area contributed by atoms with Crippen LogP contribution >= 0.6 is 35.6 Å². The van der Waals surface area contributed by atoms with Crippen molar-refractivity contribution in [2.45, 2.75) is 20.0 Å². The number of thioether (sulfide) groups is 1. The molecule has 1 aliphatic rings. The lowest BCUT2D eigenvalue weighted by Crippen LogP contribution is -2.22. The molecule has 1 heterocycles. The van der Waals surface area contributed by atoms with Crippen LogP contribution in [0.15, 0.2) is 54.2 Å². The van der Waals surface area contributed by atoms with Gasteiger partial charge in [-0.05, 0) is 48.7 Å². The summed E-state index contributed by atoms with van der Waals surface area (Å²) in [5.41, 5.74) is 2.69. The Hall–Kier alpha value is -2.35. The Bertz CT molecular complexity index is 961. The van der Waals surface area contributed by atoms with Crippen molar-refractivity contribution in [1.82, 2.24) is 5.01 Å². The average molecular weight is 461 g/mol. The molecule has 0 unspecified atom stereocenters. The van der Waals surface area contributed by atoms with Crippen LogP contribution in [0.3, 0.4) is 0 Å². The maximum Gasteiger partial charge on any atom is 0.259 e. The first kappa shape index (κ1) is 22.3. The summed E-state index contributed by atoms with van der Waals surface area (Å²) < 4.78 is 12.4. The SMILES string of the molecule is C=CCc1cc(/C=N\N2C(=O)CSC2=S)cc(OCC)c1OCc1ccc(Cl)cc1. The maximum absolute atomic E-state index is 11.9. The molecule has 1 aliphatic heterocycles. The fourth-order valence-electron chi connectivity index (χ4n) is 2.81. The quantitative estimate of drug-likeness (QED) is 0.291. The number of thiocarbonyl (C=S) groups is 1. The van der Waals surface area contributed by atoms with Crippen LogP contribution in [-0.4, -0.2) is 33.8 Å². The molecular formula is C22H21ClN2O3S2. The first-order chi connectivity index (χ1) is 14.5. The molecule has 1 saturated heterocycles. The molecule has 0 spiro atoms. The summed E-state index contributed by atoms with van der Waals surface area (Å²) >= 11 is 12.4. The zero-order valence-corrected chi connectivity index (χ0v) is 18.9. The third-order valence-corrected chi connectivity index (χ3v) is 5.75. The minimum Gasteiger partial charge on any atom is -0.490 e. The molecule has 3 rings (SSSR count). The molecule has 30 heavy (non-hydrogen) atoms. The summed E-state index contributed by atoms with van der Waals surface area (Å²) in [7, 11) is 0. The fraction of sp³-hybridized carbons (Fsp3) is 0.227. The summed E-state index contributed by atoms with van der Waals surface area (Å²) in [6.45, 7) is 6.61. The van der Waals surface area contributed by atoms with Gasteiger partial charge in [0.1, 0.15) is 6.61 Å². The second-order valence-corrected chi connectivity index (χ2v) is 8.40. The first-order valence-corrected chi connectivity index (χ1v) is 11.1. The average Bonchev–Trinajstić information content (AvgIpc) is 3.05. The number of carbonyl (C=O) groups excluding carboxylic acids is 1. The molecular weight excluding hydrogens is 440 g/mol. The Kier molecular flexibility index (Phi) is 7.90. The highest BCUT2D eigenvalue weighted by atomic mass is 35.5. The molecule has 0 N–H and O–H groups in total. The zero-order chi connectivity index (χ0) is 21.5. The second-order valence-electron chi connectivity index (χ2n) is 6.35. The van der Waals surface area contributed by atoms with E-state index in [-0.39, 0.29) is 5.91 Å². The van der Waals surface area contributed by atoms with Gasteiger partial charge in [-0.3, -0.25) is 4.79 Å². The third-order valence-electron chi connectivity index (χ3n) is 4.17. The van der Waals surface area contributed by atoms with Crippen LogP contribution in [0.25, 0.3) is 0 Å². The number of halogens is 1. The van der Waals surface area contributed by atoms with Crippen molar-refractivity contribution in [1.29, 1.82) is 0 Å². The first-order valence-electron chi connectivity index (χ1n) is 9.33. The van der Waals surface area contributed by atoms with Gasteiger partial charge in [-0.1, -0.05) is 53.8 Å². The van der Waals surface area contributed by atoms with Gasteiger partial charge in [-0.2, -0.15) is 10.1 Å². The number of allylic oxidation sites excluding steroid dienone is 1. The van der Waals surface area contributed by atoms with Crippen LogP contribution in [0, 0.1) is 0 Å². The summed E-state index contributed by atoms with van der Waals surface area (Å²) in [6, 6.07) is 11.3. The predicted molar refractivity (Wildman–Crippen MR) is 127 cm³/mol. The lowest BCUT2D eigenvalue weighted by molar-refractivity contribution is -0.123. The van der Waals surface area contributed by atoms with Crippen LogP contribution in [-0.2, 0) is 17.8 Å². The Balaban J connectivity index is 1.88. The van der Waals surface area contributed by atoms with E-state index in [1.54, 1.807) is 12.3 Å². The number of nitrogens with zero attached hydrogens (tertiary/aromatic N) is 2. The van der Waals surface area contributed by atoms with Crippen molar-refractivity contribution in [2.24, 2.45) is 5.10 Å². The van der Waals surface area contributed by atoms with Gasteiger partial charge in [0.15, 0.2) is 15.8 Å². The van der Waals surface area contributed by atoms with Gasteiger partial charge in [0.05, 0.1) is 18.6 Å². The molecule has 2 aromatic rings. The molecule has 0 atom stereocenters. The Morgan fingerprint density at radius 1 is 1.30 bits per heavy atom. The van der Waals surface area contributed by atoms with Crippen molar-refractivity contribution in [3.8, 4) is 11.5 Å². The summed E-state index contributed by atoms with van der Waals surface area (Å²) in [4.78, 5) is 11.9. The highest BCUT2D eigenvalue weighted by Gasteiger charge is 2.26. The molecule has 1 fully saturated rings. The van der Waals surface area contributed by atoms with Gasteiger partial charge in [0.2, 0.25) is 0 Å². The van der Waals surface area contributed by atoms with E-state index in [1.807, 2.05) is 43.3 Å². The molecule has 0 bridgehead atoms. The monoisotopic (exact) mass is 460 g/mol. The highest BCUT2D eigenvalue weighted by molar-refractivity contribution is 8.23. The van der Waals surface area contributed by atoms with Crippen LogP contribution in [0.2, 0.25) is 5.02 Å². The molecule has 156 valence electrons. The van der Waals surface area contributed by atoms with Crippen molar-refractivity contribution in [3.63, 3.8) is 0 Å². The van der Waals surface area contributed by atoms with E-state index >= 15 is 0 Å². The van der Waals surface area contributed by atoms with Gasteiger partial charge in [0, 0.05) is 10.6 Å². The molecule has 1 amide bonds. The van der Waals surface area contributed by atoms with E-state index in [4.69, 9.17) is 33.3 Å². The number of carbonyl (C=O) groups is 1. The molecule has 8 heteroatoms. The number of hydrazone groups is 1. The van der Waals surface area contributed by atoms with E-state index < -0.39 is 0 Å². The number of rotatable bonds is 9. The van der Waals surface area contributed by atoms with Crippen molar-refractivity contribution >= 4 is 52.0 Å². The van der Waals surface area contributed by atoms with E-state index in [0.717, 1.165) is 16.7 Å². The van der Waals surface area contributed by atoms with Crippen LogP contribution < -0.4 is 9.47 Å². The smallest absolute Gasteiger partial charge is 0.259 e. The van der Waals surface area contributed by atoms with Gasteiger partial charge in [-0.25, -0.2) is 0 Å². The highest BCUT2D eigenvalue weighted by Crippen LogP contribution is 2.34. The lowest BCUT2D eigenvalue weighted by atomic mass is 10.1. The van der Waals surface area contributed by atoms with Crippen molar-refractivity contribution in [3.05, 3.63) is 70.8 Å². The molecule has 2 aromatic carbocycles. The van der Waals surface area contributed by atoms with Gasteiger partial charge >= 0.3 is 0 Å². The van der Waals surface area contributed by atoms with E-state index in [2.05, 4.69) is 11.7 Å². The van der Waals surface area contributed by atoms with E-state index in [1.165, 1.54) is 16.8 Å². The normalized spacial score (nSPS) is 13.9. The second kappa shape index (κ2) is 10.6. The van der Waals surface area contributed by atoms with Gasteiger partial charge in [-0.15, -0.1) is 6.58 Å². The third kappa shape index (κ3) is 5.62. The van der Waals surface area contributed by atoms with Gasteiger partial charge < -0.3 is 9.47 Å². The van der Waals surface area contributed by atoms with Gasteiger partial charge in [0.25, 0.3) is 5.91 Å². The molecule has 5 nitrogen and oxygen atoms in total. The van der Waals surface area contributed by atoms with Crippen LogP contribution in [0.5, 0.6) is 11.5 Å². The van der Waals surface area contributed by atoms with Crippen LogP contribution in [0.4, 0.5) is 0 Å². The molecule has 0 aromatic heterocycles. The number of hydrogen-bond acceptors (Lipinski definition) is 6. The van der Waals surface area contributed by atoms with Crippen LogP contribution in [0.1, 0.15) is 23.6 Å². The zero-order valence-electron chi connectivity index (χ0n) is 16.5. The van der Waals surface area contributed by atoms with E-state index in [9.17, 15) is 4.79 Å². The minimum absolute atomic E-state index is 0.125. The minimum atomic E-state index is -0.125. The van der Waals surface area contributed by atoms with Crippen molar-refractivity contribution < 1.29 is 14.3 Å². The summed E-state index contributed by atoms with van der Waals surface area (Å²) in [6.07, 6.45) is 4.00. The molecule has 0 saturated carbocycles. The number of hydrogen-bond donors (Lipinski definition) is 0. The van der Waals surface area contributed by atoms with Crippen molar-refractivity contribution in [2.75, 3.05) is 12.4 Å². The Labute approximate surface area is 190 Å². The Morgan fingerprint density at radius 2 is 2.07 bits per heavy atom. The number of amides is 1. The molecule has 0 radical (unpaired) electrons. The number of ether oxygens (including phenoxy) is 2. The predicted octanol–water partition coefficient (Wildman–Crippen LogP) is 5.24. The lowest BCUT2D eigenvalue weighted by Gasteiger charge is -2.17.